The Morgan fingerprint density at radius 1 is 1.04 bits per heavy atom. The topological polar surface area (TPSA) is 29.9 Å². The Morgan fingerprint density at radius 3 is 2.39 bits per heavy atom. The highest BCUT2D eigenvalue weighted by atomic mass is 15.2. The lowest BCUT2D eigenvalue weighted by atomic mass is 9.91. The minimum atomic E-state index is 0.188. The molecule has 0 aliphatic rings. The van der Waals surface area contributed by atoms with Crippen molar-refractivity contribution in [3.05, 3.63) is 66.9 Å². The van der Waals surface area contributed by atoms with Gasteiger partial charge in [0.25, 0.3) is 0 Å². The first-order valence-corrected chi connectivity index (χ1v) is 7.92. The molecule has 0 aliphatic carbocycles. The standard InChI is InChI=1S/C20H23N3/c1-15(14-20(2,3)4)21-19-22-17-12-8-9-13-18(17)23(19)16-10-6-5-7-11-16/h5-13H,1,14H2,2-4H3,(H,21,22). The van der Waals surface area contributed by atoms with Gasteiger partial charge >= 0.3 is 0 Å². The molecule has 0 saturated carbocycles. The normalized spacial score (nSPS) is 11.6. The first kappa shape index (κ1) is 15.3. The van der Waals surface area contributed by atoms with Crippen molar-refractivity contribution in [3.63, 3.8) is 0 Å². The van der Waals surface area contributed by atoms with Crippen molar-refractivity contribution in [2.24, 2.45) is 5.41 Å². The summed E-state index contributed by atoms with van der Waals surface area (Å²) < 4.78 is 2.14. The molecule has 3 heteroatoms. The maximum atomic E-state index is 4.75. The van der Waals surface area contributed by atoms with Gasteiger partial charge in [-0.25, -0.2) is 4.98 Å². The van der Waals surface area contributed by atoms with Gasteiger partial charge in [-0.1, -0.05) is 57.7 Å². The number of nitrogens with one attached hydrogen (secondary N) is 1. The van der Waals surface area contributed by atoms with E-state index in [-0.39, 0.29) is 5.41 Å². The number of fused-ring (bicyclic) bond motifs is 1. The molecule has 0 atom stereocenters. The lowest BCUT2D eigenvalue weighted by Gasteiger charge is -2.20. The number of hydrogen-bond donors (Lipinski definition) is 1. The predicted octanol–water partition coefficient (Wildman–Crippen LogP) is 5.39. The molecule has 0 radical (unpaired) electrons. The van der Waals surface area contributed by atoms with E-state index in [2.05, 4.69) is 55.4 Å². The fourth-order valence-corrected chi connectivity index (χ4v) is 2.79. The van der Waals surface area contributed by atoms with E-state index in [4.69, 9.17) is 4.98 Å². The van der Waals surface area contributed by atoms with Crippen molar-refractivity contribution >= 4 is 17.0 Å². The van der Waals surface area contributed by atoms with Crippen molar-refractivity contribution in [1.29, 1.82) is 0 Å². The highest BCUT2D eigenvalue weighted by Gasteiger charge is 2.16. The van der Waals surface area contributed by atoms with E-state index in [1.807, 2.05) is 36.4 Å². The second-order valence-electron chi connectivity index (χ2n) is 7.06. The highest BCUT2D eigenvalue weighted by molar-refractivity contribution is 5.81. The van der Waals surface area contributed by atoms with Crippen LogP contribution in [0.3, 0.4) is 0 Å². The number of aromatic nitrogens is 2. The van der Waals surface area contributed by atoms with E-state index < -0.39 is 0 Å². The van der Waals surface area contributed by atoms with Gasteiger partial charge in [-0.3, -0.25) is 4.57 Å². The molecule has 0 aliphatic heterocycles. The van der Waals surface area contributed by atoms with E-state index in [9.17, 15) is 0 Å². The van der Waals surface area contributed by atoms with Crippen molar-refractivity contribution in [2.75, 3.05) is 5.32 Å². The molecule has 3 aromatic rings. The van der Waals surface area contributed by atoms with Crippen molar-refractivity contribution in [1.82, 2.24) is 9.55 Å². The zero-order valence-electron chi connectivity index (χ0n) is 14.0. The zero-order chi connectivity index (χ0) is 16.4. The summed E-state index contributed by atoms with van der Waals surface area (Å²) in [5.41, 5.74) is 4.32. The Bertz CT molecular complexity index is 823. The molecule has 0 unspecified atom stereocenters. The third-order valence-electron chi connectivity index (χ3n) is 3.61. The number of hydrogen-bond acceptors (Lipinski definition) is 2. The Labute approximate surface area is 137 Å². The molecule has 118 valence electrons. The molecule has 0 bridgehead atoms. The van der Waals surface area contributed by atoms with Crippen molar-refractivity contribution in [3.8, 4) is 5.69 Å². The van der Waals surface area contributed by atoms with Gasteiger partial charge in [0.2, 0.25) is 5.95 Å². The Morgan fingerprint density at radius 2 is 1.70 bits per heavy atom. The van der Waals surface area contributed by atoms with Crippen LogP contribution in [0.1, 0.15) is 27.2 Å². The third-order valence-corrected chi connectivity index (χ3v) is 3.61. The van der Waals surface area contributed by atoms with Gasteiger partial charge in [-0.2, -0.15) is 0 Å². The molecular weight excluding hydrogens is 282 g/mol. The molecule has 0 amide bonds. The zero-order valence-corrected chi connectivity index (χ0v) is 14.0. The fraction of sp³-hybridized carbons (Fsp3) is 0.250. The van der Waals surface area contributed by atoms with Crippen LogP contribution in [-0.4, -0.2) is 9.55 Å². The summed E-state index contributed by atoms with van der Waals surface area (Å²) in [4.78, 5) is 4.75. The van der Waals surface area contributed by atoms with E-state index >= 15 is 0 Å². The number of benzene rings is 2. The molecular formula is C20H23N3. The maximum absolute atomic E-state index is 4.75. The molecule has 1 aromatic heterocycles. The number of anilines is 1. The van der Waals surface area contributed by atoms with E-state index in [0.29, 0.717) is 0 Å². The lowest BCUT2D eigenvalue weighted by molar-refractivity contribution is 0.411. The molecule has 0 saturated heterocycles. The van der Waals surface area contributed by atoms with E-state index in [1.54, 1.807) is 0 Å². The largest absolute Gasteiger partial charge is 0.330 e. The summed E-state index contributed by atoms with van der Waals surface area (Å²) in [6.45, 7) is 10.8. The minimum Gasteiger partial charge on any atom is -0.330 e. The smallest absolute Gasteiger partial charge is 0.212 e. The average Bonchev–Trinajstić information content (AvgIpc) is 2.83. The number of para-hydroxylation sites is 3. The number of imidazole rings is 1. The predicted molar refractivity (Wildman–Crippen MR) is 97.9 cm³/mol. The second kappa shape index (κ2) is 5.92. The van der Waals surface area contributed by atoms with Gasteiger partial charge in [0.1, 0.15) is 0 Å². The maximum Gasteiger partial charge on any atom is 0.212 e. The Balaban J connectivity index is 2.05. The lowest BCUT2D eigenvalue weighted by Crippen LogP contribution is -2.12. The van der Waals surface area contributed by atoms with Gasteiger partial charge in [0.15, 0.2) is 0 Å². The van der Waals surface area contributed by atoms with Crippen LogP contribution in [0.5, 0.6) is 0 Å². The van der Waals surface area contributed by atoms with Crippen LogP contribution < -0.4 is 5.32 Å². The molecule has 23 heavy (non-hydrogen) atoms. The van der Waals surface area contributed by atoms with Crippen molar-refractivity contribution in [2.45, 2.75) is 27.2 Å². The molecule has 2 aromatic carbocycles. The number of nitrogens with zero attached hydrogens (tertiary/aromatic N) is 2. The second-order valence-corrected chi connectivity index (χ2v) is 7.06. The monoisotopic (exact) mass is 305 g/mol. The van der Waals surface area contributed by atoms with Gasteiger partial charge in [0, 0.05) is 11.4 Å². The summed E-state index contributed by atoms with van der Waals surface area (Å²) >= 11 is 0. The van der Waals surface area contributed by atoms with Crippen LogP contribution >= 0.6 is 0 Å². The van der Waals surface area contributed by atoms with E-state index in [1.165, 1.54) is 0 Å². The Hall–Kier alpha value is -2.55. The van der Waals surface area contributed by atoms with Gasteiger partial charge in [-0.05, 0) is 36.1 Å². The van der Waals surface area contributed by atoms with Crippen LogP contribution in [0.15, 0.2) is 66.9 Å². The minimum absolute atomic E-state index is 0.188. The average molecular weight is 305 g/mol. The molecule has 3 rings (SSSR count). The van der Waals surface area contributed by atoms with Crippen LogP contribution in [0, 0.1) is 5.41 Å². The molecule has 0 spiro atoms. The van der Waals surface area contributed by atoms with Crippen LogP contribution in [0.2, 0.25) is 0 Å². The summed E-state index contributed by atoms with van der Waals surface area (Å²) in [5.74, 6) is 0.812. The van der Waals surface area contributed by atoms with Gasteiger partial charge in [-0.15, -0.1) is 0 Å². The SMILES string of the molecule is C=C(CC(C)(C)C)Nc1nc2ccccc2n1-c1ccccc1. The molecule has 3 nitrogen and oxygen atoms in total. The van der Waals surface area contributed by atoms with Gasteiger partial charge < -0.3 is 5.32 Å². The fourth-order valence-electron chi connectivity index (χ4n) is 2.79. The van der Waals surface area contributed by atoms with Crippen LogP contribution in [0.25, 0.3) is 16.7 Å². The van der Waals surface area contributed by atoms with Crippen LogP contribution in [-0.2, 0) is 0 Å². The van der Waals surface area contributed by atoms with E-state index in [0.717, 1.165) is 34.8 Å². The summed E-state index contributed by atoms with van der Waals surface area (Å²) in [6, 6.07) is 18.5. The Kier molecular flexibility index (Phi) is 3.95. The number of allylic oxidation sites excluding steroid dienone is 1. The summed E-state index contributed by atoms with van der Waals surface area (Å²) in [6.07, 6.45) is 0.894. The third kappa shape index (κ3) is 3.45. The summed E-state index contributed by atoms with van der Waals surface area (Å²) in [7, 11) is 0. The number of rotatable bonds is 4. The molecule has 1 heterocycles. The first-order valence-electron chi connectivity index (χ1n) is 7.92. The molecule has 1 N–H and O–H groups in total. The van der Waals surface area contributed by atoms with Crippen molar-refractivity contribution < 1.29 is 0 Å². The van der Waals surface area contributed by atoms with Crippen LogP contribution in [0.4, 0.5) is 5.95 Å². The summed E-state index contributed by atoms with van der Waals surface area (Å²) in [5, 5.41) is 3.41. The molecule has 0 fully saturated rings. The first-order chi connectivity index (χ1) is 10.9. The quantitative estimate of drug-likeness (QED) is 0.700. The van der Waals surface area contributed by atoms with Gasteiger partial charge in [0.05, 0.1) is 11.0 Å². The highest BCUT2D eigenvalue weighted by Crippen LogP contribution is 2.28.